The Morgan fingerprint density at radius 3 is 3.09 bits per heavy atom. The van der Waals surface area contributed by atoms with Crippen LogP contribution in [0.25, 0.3) is 0 Å². The van der Waals surface area contributed by atoms with Crippen LogP contribution in [0.4, 0.5) is 0 Å². The molecule has 0 atom stereocenters. The van der Waals surface area contributed by atoms with Crippen molar-refractivity contribution in [3.8, 4) is 11.8 Å². The molecule has 0 saturated heterocycles. The highest BCUT2D eigenvalue weighted by Gasteiger charge is 1.90. The number of rotatable bonds is 3. The Hall–Kier alpha value is -0.980. The van der Waals surface area contributed by atoms with Crippen molar-refractivity contribution in [3.05, 3.63) is 11.6 Å². The molecular formula is C7H8ClNO2. The number of carbonyl (C=O) groups excluding carboxylic acids is 1. The van der Waals surface area contributed by atoms with E-state index in [1.165, 1.54) is 5.54 Å². The molecule has 0 unspecified atom stereocenters. The van der Waals surface area contributed by atoms with Gasteiger partial charge in [-0.2, -0.15) is 0 Å². The Morgan fingerprint density at radius 2 is 2.55 bits per heavy atom. The molecule has 0 aromatic carbocycles. The predicted octanol–water partition coefficient (Wildman–Crippen LogP) is 0.810. The average molecular weight is 174 g/mol. The van der Waals surface area contributed by atoms with Crippen LogP contribution in [0.3, 0.4) is 0 Å². The molecule has 1 N–H and O–H groups in total. The van der Waals surface area contributed by atoms with Gasteiger partial charge in [0.15, 0.2) is 0 Å². The van der Waals surface area contributed by atoms with Gasteiger partial charge in [0.2, 0.25) is 0 Å². The number of hydroxylamine groups is 1. The highest BCUT2D eigenvalue weighted by Crippen LogP contribution is 1.77. The van der Waals surface area contributed by atoms with E-state index >= 15 is 0 Å². The number of hydrogen-bond acceptors (Lipinski definition) is 2. The van der Waals surface area contributed by atoms with E-state index in [1.807, 2.05) is 0 Å². The summed E-state index contributed by atoms with van der Waals surface area (Å²) in [4.78, 5) is 15.2. The molecule has 0 heterocycles. The van der Waals surface area contributed by atoms with Gasteiger partial charge in [0.25, 0.3) is 0 Å². The van der Waals surface area contributed by atoms with Crippen molar-refractivity contribution in [1.29, 1.82) is 0 Å². The summed E-state index contributed by atoms with van der Waals surface area (Å²) in [7, 11) is 0. The summed E-state index contributed by atoms with van der Waals surface area (Å²) in [5.41, 5.74) is 3.40. The first-order valence-corrected chi connectivity index (χ1v) is 3.34. The van der Waals surface area contributed by atoms with Crippen molar-refractivity contribution < 1.29 is 9.63 Å². The van der Waals surface area contributed by atoms with Crippen LogP contribution in [0, 0.1) is 11.8 Å². The molecule has 0 radical (unpaired) electrons. The molecule has 3 nitrogen and oxygen atoms in total. The standard InChI is InChI=1S/C7H8ClNO2/c1-2-4-7(10)9-11-6-3-5-8/h3,5H,6H2,1H3,(H,9,10)/b5-3+. The SMILES string of the molecule is CC#CC(=O)NOC/C=C/Cl. The van der Waals surface area contributed by atoms with Gasteiger partial charge in [-0.15, -0.1) is 0 Å². The van der Waals surface area contributed by atoms with Crippen molar-refractivity contribution in [3.63, 3.8) is 0 Å². The predicted molar refractivity (Wildman–Crippen MR) is 42.5 cm³/mol. The van der Waals surface area contributed by atoms with Crippen molar-refractivity contribution in [2.75, 3.05) is 6.61 Å². The van der Waals surface area contributed by atoms with Gasteiger partial charge in [-0.3, -0.25) is 9.63 Å². The lowest BCUT2D eigenvalue weighted by Crippen LogP contribution is -2.21. The van der Waals surface area contributed by atoms with Crippen LogP contribution >= 0.6 is 11.6 Å². The lowest BCUT2D eigenvalue weighted by atomic mass is 10.6. The Labute approximate surface area is 70.3 Å². The Morgan fingerprint density at radius 1 is 1.82 bits per heavy atom. The molecule has 0 aliphatic rings. The second kappa shape index (κ2) is 7.13. The topological polar surface area (TPSA) is 38.3 Å². The van der Waals surface area contributed by atoms with Crippen LogP contribution in [0.1, 0.15) is 6.92 Å². The molecule has 0 aliphatic carbocycles. The van der Waals surface area contributed by atoms with Crippen LogP contribution in [0.2, 0.25) is 0 Å². The minimum absolute atomic E-state index is 0.237. The third-order valence-electron chi connectivity index (χ3n) is 0.672. The summed E-state index contributed by atoms with van der Waals surface area (Å²) in [6.45, 7) is 1.80. The summed E-state index contributed by atoms with van der Waals surface area (Å²) < 4.78 is 0. The van der Waals surface area contributed by atoms with Crippen LogP contribution in [0.15, 0.2) is 11.6 Å². The molecule has 11 heavy (non-hydrogen) atoms. The minimum Gasteiger partial charge on any atom is -0.269 e. The van der Waals surface area contributed by atoms with Crippen molar-refractivity contribution in [1.82, 2.24) is 5.48 Å². The van der Waals surface area contributed by atoms with E-state index < -0.39 is 5.91 Å². The van der Waals surface area contributed by atoms with E-state index in [4.69, 9.17) is 11.6 Å². The van der Waals surface area contributed by atoms with Crippen LogP contribution in [0.5, 0.6) is 0 Å². The number of carbonyl (C=O) groups is 1. The first-order chi connectivity index (χ1) is 5.31. The lowest BCUT2D eigenvalue weighted by Gasteiger charge is -1.96. The maximum Gasteiger partial charge on any atom is 0.319 e. The van der Waals surface area contributed by atoms with Gasteiger partial charge >= 0.3 is 5.91 Å². The Kier molecular flexibility index (Phi) is 6.50. The monoisotopic (exact) mass is 173 g/mol. The van der Waals surface area contributed by atoms with Crippen molar-refractivity contribution in [2.24, 2.45) is 0 Å². The zero-order chi connectivity index (χ0) is 8.53. The molecule has 0 spiro atoms. The normalized spacial score (nSPS) is 8.91. The molecule has 0 rings (SSSR count). The smallest absolute Gasteiger partial charge is 0.269 e. The number of nitrogens with one attached hydrogen (secondary N) is 1. The summed E-state index contributed by atoms with van der Waals surface area (Å²) >= 11 is 5.18. The summed E-state index contributed by atoms with van der Waals surface area (Å²) in [5.74, 6) is 4.20. The fourth-order valence-corrected chi connectivity index (χ4v) is 0.403. The van der Waals surface area contributed by atoms with Crippen LogP contribution < -0.4 is 5.48 Å². The lowest BCUT2D eigenvalue weighted by molar-refractivity contribution is -0.126. The molecular weight excluding hydrogens is 166 g/mol. The van der Waals surface area contributed by atoms with E-state index in [9.17, 15) is 4.79 Å². The van der Waals surface area contributed by atoms with E-state index in [-0.39, 0.29) is 6.61 Å². The van der Waals surface area contributed by atoms with Crippen molar-refractivity contribution in [2.45, 2.75) is 6.92 Å². The van der Waals surface area contributed by atoms with Crippen molar-refractivity contribution >= 4 is 17.5 Å². The van der Waals surface area contributed by atoms with Gasteiger partial charge in [0, 0.05) is 5.54 Å². The second-order valence-electron chi connectivity index (χ2n) is 1.48. The number of amides is 1. The molecule has 0 saturated carbocycles. The Balaban J connectivity index is 3.37. The molecule has 60 valence electrons. The first-order valence-electron chi connectivity index (χ1n) is 2.91. The summed E-state index contributed by atoms with van der Waals surface area (Å²) in [5, 5.41) is 0. The van der Waals surface area contributed by atoms with Gasteiger partial charge < -0.3 is 0 Å². The first kappa shape index (κ1) is 10.0. The average Bonchev–Trinajstić information content (AvgIpc) is 1.99. The number of halogens is 1. The molecule has 0 aliphatic heterocycles. The van der Waals surface area contributed by atoms with Gasteiger partial charge in [-0.1, -0.05) is 17.5 Å². The minimum atomic E-state index is -0.463. The van der Waals surface area contributed by atoms with Crippen LogP contribution in [-0.2, 0) is 9.63 Å². The van der Waals surface area contributed by atoms with E-state index in [0.29, 0.717) is 0 Å². The fraction of sp³-hybridized carbons (Fsp3) is 0.286. The van der Waals surface area contributed by atoms with Gasteiger partial charge in [-0.25, -0.2) is 5.48 Å². The highest BCUT2D eigenvalue weighted by molar-refractivity contribution is 6.25. The summed E-state index contributed by atoms with van der Waals surface area (Å²) in [6, 6.07) is 0. The fourth-order valence-electron chi connectivity index (χ4n) is 0.331. The zero-order valence-corrected chi connectivity index (χ0v) is 6.81. The van der Waals surface area contributed by atoms with Gasteiger partial charge in [0.05, 0.1) is 6.61 Å². The van der Waals surface area contributed by atoms with E-state index in [2.05, 4.69) is 22.2 Å². The largest absolute Gasteiger partial charge is 0.319 e. The molecule has 0 aromatic rings. The zero-order valence-electron chi connectivity index (χ0n) is 6.06. The number of hydrogen-bond donors (Lipinski definition) is 1. The van der Waals surface area contributed by atoms with Gasteiger partial charge in [0.1, 0.15) is 0 Å². The van der Waals surface area contributed by atoms with Gasteiger partial charge in [-0.05, 0) is 18.9 Å². The third-order valence-corrected chi connectivity index (χ3v) is 0.850. The molecule has 1 amide bonds. The maximum atomic E-state index is 10.5. The quantitative estimate of drug-likeness (QED) is 0.390. The highest BCUT2D eigenvalue weighted by atomic mass is 35.5. The molecule has 0 bridgehead atoms. The van der Waals surface area contributed by atoms with E-state index in [0.717, 1.165) is 0 Å². The second-order valence-corrected chi connectivity index (χ2v) is 1.73. The molecule has 4 heteroatoms. The summed E-state index contributed by atoms with van der Waals surface area (Å²) in [6.07, 6.45) is 1.54. The Bertz CT molecular complexity index is 202. The van der Waals surface area contributed by atoms with Crippen LogP contribution in [-0.4, -0.2) is 12.5 Å². The third kappa shape index (κ3) is 6.91. The maximum absolute atomic E-state index is 10.5. The molecule has 0 aromatic heterocycles. The molecule has 0 fully saturated rings. The van der Waals surface area contributed by atoms with E-state index in [1.54, 1.807) is 13.0 Å².